The number of hydrogen-bond acceptors (Lipinski definition) is 4. The Kier molecular flexibility index (Phi) is 4.68. The number of benzene rings is 2. The molecule has 2 aromatic rings. The molecule has 1 saturated heterocycles. The third-order valence-corrected chi connectivity index (χ3v) is 5.42. The third-order valence-electron chi connectivity index (χ3n) is 5.42. The first-order chi connectivity index (χ1) is 13.4. The van der Waals surface area contributed by atoms with Crippen molar-refractivity contribution in [1.29, 1.82) is 0 Å². The number of fused-ring (bicyclic) bond motifs is 1. The van der Waals surface area contributed by atoms with E-state index >= 15 is 0 Å². The van der Waals surface area contributed by atoms with E-state index in [1.807, 2.05) is 24.3 Å². The number of Topliss-reactive ketones (excluding diaryl/α,β-unsaturated/α-hetero) is 2. The first kappa shape index (κ1) is 18.3. The lowest BCUT2D eigenvalue weighted by molar-refractivity contribution is -0.899. The summed E-state index contributed by atoms with van der Waals surface area (Å²) in [6.45, 7) is 5.17. The third kappa shape index (κ3) is 3.29. The zero-order valence-electron chi connectivity index (χ0n) is 15.6. The number of anilines is 2. The molecule has 2 aromatic carbocycles. The molecule has 2 aliphatic rings. The number of carbonyl (C=O) groups is 3. The Morgan fingerprint density at radius 3 is 2.39 bits per heavy atom. The second kappa shape index (κ2) is 7.16. The van der Waals surface area contributed by atoms with Gasteiger partial charge in [-0.2, -0.15) is 0 Å². The van der Waals surface area contributed by atoms with E-state index in [2.05, 4.69) is 4.90 Å². The molecular formula is C21H21FN3O3+. The summed E-state index contributed by atoms with van der Waals surface area (Å²) in [5.41, 5.74) is 2.40. The zero-order valence-corrected chi connectivity index (χ0v) is 15.6. The average Bonchev–Trinajstić information content (AvgIpc) is 2.93. The molecule has 1 N–H and O–H groups in total. The zero-order chi connectivity index (χ0) is 19.8. The number of hydrogen-bond donors (Lipinski definition) is 1. The summed E-state index contributed by atoms with van der Waals surface area (Å²) in [6, 6.07) is 11.5. The smallest absolute Gasteiger partial charge is 0.303 e. The highest BCUT2D eigenvalue weighted by atomic mass is 19.1. The summed E-state index contributed by atoms with van der Waals surface area (Å²) >= 11 is 0. The van der Waals surface area contributed by atoms with Crippen LogP contribution in [0.3, 0.4) is 0 Å². The van der Waals surface area contributed by atoms with Crippen molar-refractivity contribution in [2.75, 3.05) is 42.6 Å². The lowest BCUT2D eigenvalue weighted by Crippen LogP contribution is -3.16. The van der Waals surface area contributed by atoms with Crippen molar-refractivity contribution in [2.24, 2.45) is 0 Å². The second-order valence-corrected chi connectivity index (χ2v) is 7.22. The molecule has 1 amide bonds. The van der Waals surface area contributed by atoms with Gasteiger partial charge in [-0.3, -0.25) is 19.3 Å². The summed E-state index contributed by atoms with van der Waals surface area (Å²) in [7, 11) is 0. The molecule has 0 atom stereocenters. The molecule has 6 nitrogen and oxygen atoms in total. The van der Waals surface area contributed by atoms with E-state index in [0.717, 1.165) is 37.9 Å². The Morgan fingerprint density at radius 1 is 1.07 bits per heavy atom. The van der Waals surface area contributed by atoms with Crippen molar-refractivity contribution in [3.05, 3.63) is 59.4 Å². The molecule has 0 aromatic heterocycles. The van der Waals surface area contributed by atoms with Gasteiger partial charge in [-0.25, -0.2) is 4.39 Å². The van der Waals surface area contributed by atoms with Crippen LogP contribution in [0.25, 0.3) is 0 Å². The van der Waals surface area contributed by atoms with Crippen molar-refractivity contribution in [3.63, 3.8) is 0 Å². The molecule has 1 fully saturated rings. The summed E-state index contributed by atoms with van der Waals surface area (Å²) in [5.74, 6) is -1.70. The molecule has 0 spiro atoms. The van der Waals surface area contributed by atoms with E-state index in [0.29, 0.717) is 17.9 Å². The topological polar surface area (TPSA) is 62.1 Å². The fourth-order valence-corrected chi connectivity index (χ4v) is 3.80. The maximum atomic E-state index is 13.4. The molecule has 4 rings (SSSR count). The highest BCUT2D eigenvalue weighted by Gasteiger charge is 2.38. The monoisotopic (exact) mass is 382 g/mol. The maximum absolute atomic E-state index is 13.4. The van der Waals surface area contributed by atoms with E-state index < -0.39 is 17.5 Å². The SMILES string of the molecule is CC(=O)c1ccc(N2CC[NH+](CN3C(=O)C(=O)c4cc(F)ccc43)CC2)cc1. The van der Waals surface area contributed by atoms with Gasteiger partial charge in [0.05, 0.1) is 37.4 Å². The van der Waals surface area contributed by atoms with Crippen LogP contribution in [0, 0.1) is 5.82 Å². The van der Waals surface area contributed by atoms with Gasteiger partial charge in [-0.1, -0.05) is 0 Å². The number of amides is 1. The van der Waals surface area contributed by atoms with Crippen LogP contribution in [0.4, 0.5) is 15.8 Å². The molecule has 2 aliphatic heterocycles. The Balaban J connectivity index is 1.40. The number of carbonyl (C=O) groups excluding carboxylic acids is 3. The van der Waals surface area contributed by atoms with Crippen molar-refractivity contribution in [3.8, 4) is 0 Å². The Bertz CT molecular complexity index is 950. The predicted octanol–water partition coefficient (Wildman–Crippen LogP) is 0.920. The molecule has 28 heavy (non-hydrogen) atoms. The second-order valence-electron chi connectivity index (χ2n) is 7.22. The van der Waals surface area contributed by atoms with E-state index in [9.17, 15) is 18.8 Å². The Morgan fingerprint density at radius 2 is 1.75 bits per heavy atom. The lowest BCUT2D eigenvalue weighted by atomic mass is 10.1. The van der Waals surface area contributed by atoms with Gasteiger partial charge in [0.15, 0.2) is 12.5 Å². The molecular weight excluding hydrogens is 361 g/mol. The van der Waals surface area contributed by atoms with E-state index in [4.69, 9.17) is 0 Å². The maximum Gasteiger partial charge on any atom is 0.303 e. The van der Waals surface area contributed by atoms with Gasteiger partial charge in [0.2, 0.25) is 0 Å². The highest BCUT2D eigenvalue weighted by Crippen LogP contribution is 2.28. The van der Waals surface area contributed by atoms with Crippen LogP contribution < -0.4 is 14.7 Å². The molecule has 0 radical (unpaired) electrons. The Hall–Kier alpha value is -3.06. The largest absolute Gasteiger partial charge is 0.360 e. The van der Waals surface area contributed by atoms with Gasteiger partial charge in [0.1, 0.15) is 5.82 Å². The number of quaternary nitrogens is 1. The van der Waals surface area contributed by atoms with Gasteiger partial charge in [0, 0.05) is 11.3 Å². The predicted molar refractivity (Wildman–Crippen MR) is 102 cm³/mol. The molecule has 144 valence electrons. The van der Waals surface area contributed by atoms with Crippen molar-refractivity contribution < 1.29 is 23.7 Å². The van der Waals surface area contributed by atoms with E-state index in [1.165, 1.54) is 21.9 Å². The van der Waals surface area contributed by atoms with Gasteiger partial charge in [-0.15, -0.1) is 0 Å². The molecule has 7 heteroatoms. The molecule has 0 bridgehead atoms. The van der Waals surface area contributed by atoms with Crippen LogP contribution >= 0.6 is 0 Å². The minimum absolute atomic E-state index is 0.0470. The first-order valence-electron chi connectivity index (χ1n) is 9.29. The molecule has 0 unspecified atom stereocenters. The molecule has 0 saturated carbocycles. The van der Waals surface area contributed by atoms with Crippen LogP contribution in [0.15, 0.2) is 42.5 Å². The highest BCUT2D eigenvalue weighted by molar-refractivity contribution is 6.52. The minimum atomic E-state index is -0.641. The summed E-state index contributed by atoms with van der Waals surface area (Å²) in [6.07, 6.45) is 0. The fraction of sp³-hybridized carbons (Fsp3) is 0.286. The summed E-state index contributed by atoms with van der Waals surface area (Å²) in [5, 5.41) is 0. The van der Waals surface area contributed by atoms with Gasteiger partial charge >= 0.3 is 5.91 Å². The standard InChI is InChI=1S/C21H20FN3O3/c1-14(26)15-2-5-17(6-3-15)24-10-8-23(9-11-24)13-25-19-7-4-16(22)12-18(19)20(27)21(25)28/h2-7,12H,8-11,13H2,1H3/p+1. The number of halogens is 1. The fourth-order valence-electron chi connectivity index (χ4n) is 3.80. The number of nitrogens with zero attached hydrogens (tertiary/aromatic N) is 2. The van der Waals surface area contributed by atoms with Gasteiger partial charge in [0.25, 0.3) is 5.78 Å². The van der Waals surface area contributed by atoms with Crippen LogP contribution in [0.5, 0.6) is 0 Å². The number of piperazine rings is 1. The minimum Gasteiger partial charge on any atom is -0.360 e. The number of rotatable bonds is 4. The van der Waals surface area contributed by atoms with Crippen molar-refractivity contribution >= 4 is 28.8 Å². The van der Waals surface area contributed by atoms with Crippen molar-refractivity contribution in [1.82, 2.24) is 0 Å². The molecule has 2 heterocycles. The Labute approximate surface area is 162 Å². The summed E-state index contributed by atoms with van der Waals surface area (Å²) in [4.78, 5) is 40.7. The number of ketones is 2. The normalized spacial score (nSPS) is 17.2. The van der Waals surface area contributed by atoms with Gasteiger partial charge in [-0.05, 0) is 49.4 Å². The van der Waals surface area contributed by atoms with Crippen LogP contribution in [0.1, 0.15) is 27.6 Å². The quantitative estimate of drug-likeness (QED) is 0.631. The van der Waals surface area contributed by atoms with Crippen LogP contribution in [-0.4, -0.2) is 50.3 Å². The number of nitrogens with one attached hydrogen (secondary N) is 1. The average molecular weight is 382 g/mol. The van der Waals surface area contributed by atoms with Gasteiger partial charge < -0.3 is 9.80 Å². The summed E-state index contributed by atoms with van der Waals surface area (Å²) < 4.78 is 13.4. The van der Waals surface area contributed by atoms with Crippen LogP contribution in [-0.2, 0) is 4.79 Å². The van der Waals surface area contributed by atoms with Crippen LogP contribution in [0.2, 0.25) is 0 Å². The van der Waals surface area contributed by atoms with E-state index in [1.54, 1.807) is 6.92 Å². The van der Waals surface area contributed by atoms with E-state index in [-0.39, 0.29) is 11.3 Å². The lowest BCUT2D eigenvalue weighted by Gasteiger charge is -2.35. The molecule has 0 aliphatic carbocycles. The van der Waals surface area contributed by atoms with Crippen molar-refractivity contribution in [2.45, 2.75) is 6.92 Å². The first-order valence-corrected chi connectivity index (χ1v) is 9.29.